The minimum absolute atomic E-state index is 0.0207. The summed E-state index contributed by atoms with van der Waals surface area (Å²) in [6.45, 7) is 0.0271. The lowest BCUT2D eigenvalue weighted by Crippen LogP contribution is -2.53. The van der Waals surface area contributed by atoms with Crippen LogP contribution in [0.1, 0.15) is 22.3 Å². The van der Waals surface area contributed by atoms with Crippen LogP contribution in [0.3, 0.4) is 0 Å². The van der Waals surface area contributed by atoms with Crippen LogP contribution in [0, 0.1) is 11.3 Å². The fraction of sp³-hybridized carbons (Fsp3) is 0.185. The number of nitrogens with one attached hydrogen (secondary N) is 2. The molecule has 3 rings (SSSR count). The van der Waals surface area contributed by atoms with Gasteiger partial charge in [-0.05, 0) is 28.8 Å². The molecule has 0 radical (unpaired) electrons. The number of alkyl carbamates (subject to hydrolysis) is 1. The number of hydrogen-bond donors (Lipinski definition) is 3. The first kappa shape index (κ1) is 25.0. The second-order valence-corrected chi connectivity index (χ2v) is 7.86. The molecule has 3 aromatic carbocycles. The number of nitrogens with zero attached hydrogens (tertiary/aromatic N) is 1. The fourth-order valence-electron chi connectivity index (χ4n) is 3.44. The summed E-state index contributed by atoms with van der Waals surface area (Å²) in [5, 5.41) is 23.8. The number of amides is 2. The number of carbonyl (C=O) groups is 3. The van der Waals surface area contributed by atoms with Crippen molar-refractivity contribution in [2.75, 3.05) is 0 Å². The van der Waals surface area contributed by atoms with Gasteiger partial charge in [0.05, 0.1) is 11.6 Å². The van der Waals surface area contributed by atoms with Crippen LogP contribution in [-0.4, -0.2) is 35.2 Å². The van der Waals surface area contributed by atoms with Crippen LogP contribution in [-0.2, 0) is 33.8 Å². The highest BCUT2D eigenvalue weighted by atomic mass is 16.5. The standard InChI is InChI=1S/C27H25N3O5/c28-17-22-13-7-12-21(14-22)16-24(26(32)33)29-25(31)23(15-19-8-3-1-4-9-19)30-27(34)35-18-20-10-5-2-6-11-20/h1-14,23-24H,15-16,18H2,(H,29,31)(H,30,34)(H,32,33)/t23-,24+/m1/s1. The van der Waals surface area contributed by atoms with Gasteiger partial charge in [-0.2, -0.15) is 5.26 Å². The van der Waals surface area contributed by atoms with E-state index < -0.39 is 30.1 Å². The van der Waals surface area contributed by atoms with Gasteiger partial charge in [-0.15, -0.1) is 0 Å². The van der Waals surface area contributed by atoms with E-state index in [-0.39, 0.29) is 19.4 Å². The average molecular weight is 472 g/mol. The SMILES string of the molecule is N#Cc1cccc(C[C@H](NC(=O)[C@@H](Cc2ccccc2)NC(=O)OCc2ccccc2)C(=O)O)c1. The molecule has 0 saturated heterocycles. The lowest BCUT2D eigenvalue weighted by molar-refractivity contribution is -0.142. The number of hydrogen-bond acceptors (Lipinski definition) is 5. The van der Waals surface area contributed by atoms with Crippen molar-refractivity contribution in [2.45, 2.75) is 31.5 Å². The maximum absolute atomic E-state index is 13.1. The van der Waals surface area contributed by atoms with Crippen LogP contribution in [0.2, 0.25) is 0 Å². The molecule has 0 aromatic heterocycles. The molecule has 35 heavy (non-hydrogen) atoms. The Labute approximate surface area is 203 Å². The third-order valence-electron chi connectivity index (χ3n) is 5.21. The second kappa shape index (κ2) is 12.6. The van der Waals surface area contributed by atoms with Gasteiger partial charge in [0.25, 0.3) is 0 Å². The number of benzene rings is 3. The summed E-state index contributed by atoms with van der Waals surface area (Å²) in [4.78, 5) is 37.4. The van der Waals surface area contributed by atoms with E-state index in [1.807, 2.05) is 30.3 Å². The van der Waals surface area contributed by atoms with Gasteiger partial charge in [0, 0.05) is 12.8 Å². The van der Waals surface area contributed by atoms with Crippen molar-refractivity contribution in [3.63, 3.8) is 0 Å². The summed E-state index contributed by atoms with van der Waals surface area (Å²) in [5.41, 5.74) is 2.55. The molecule has 0 aliphatic rings. The summed E-state index contributed by atoms with van der Waals surface area (Å²) in [6, 6.07) is 24.4. The van der Waals surface area contributed by atoms with E-state index in [4.69, 9.17) is 10.00 Å². The molecule has 0 aliphatic heterocycles. The van der Waals surface area contributed by atoms with Crippen molar-refractivity contribution in [3.8, 4) is 6.07 Å². The highest BCUT2D eigenvalue weighted by Gasteiger charge is 2.27. The van der Waals surface area contributed by atoms with Crippen molar-refractivity contribution < 1.29 is 24.2 Å². The van der Waals surface area contributed by atoms with Gasteiger partial charge in [0.1, 0.15) is 18.7 Å². The summed E-state index contributed by atoms with van der Waals surface area (Å²) in [5.74, 6) is -1.89. The molecule has 0 heterocycles. The largest absolute Gasteiger partial charge is 0.480 e. The van der Waals surface area contributed by atoms with E-state index in [0.717, 1.165) is 11.1 Å². The van der Waals surface area contributed by atoms with Crippen molar-refractivity contribution in [1.29, 1.82) is 5.26 Å². The van der Waals surface area contributed by atoms with Gasteiger partial charge in [-0.1, -0.05) is 72.8 Å². The molecule has 0 aliphatic carbocycles. The Kier molecular flexibility index (Phi) is 8.97. The number of rotatable bonds is 10. The molecule has 0 fully saturated rings. The smallest absolute Gasteiger partial charge is 0.408 e. The Bertz CT molecular complexity index is 1190. The van der Waals surface area contributed by atoms with E-state index in [0.29, 0.717) is 11.1 Å². The van der Waals surface area contributed by atoms with Crippen molar-refractivity contribution in [1.82, 2.24) is 10.6 Å². The molecule has 3 aromatic rings. The van der Waals surface area contributed by atoms with Crippen LogP contribution < -0.4 is 10.6 Å². The fourth-order valence-corrected chi connectivity index (χ4v) is 3.44. The number of nitriles is 1. The minimum atomic E-state index is -1.25. The van der Waals surface area contributed by atoms with E-state index in [1.54, 1.807) is 60.7 Å². The Hall–Kier alpha value is -4.64. The van der Waals surface area contributed by atoms with Gasteiger partial charge < -0.3 is 20.5 Å². The number of aliphatic carboxylic acids is 1. The highest BCUT2D eigenvalue weighted by Crippen LogP contribution is 2.10. The molecule has 0 bridgehead atoms. The number of carboxylic acid groups (broad SMARTS) is 1. The van der Waals surface area contributed by atoms with Crippen LogP contribution >= 0.6 is 0 Å². The van der Waals surface area contributed by atoms with E-state index in [9.17, 15) is 19.5 Å². The number of ether oxygens (including phenoxy) is 1. The first-order valence-electron chi connectivity index (χ1n) is 11.0. The van der Waals surface area contributed by atoms with Gasteiger partial charge in [0.15, 0.2) is 0 Å². The third kappa shape index (κ3) is 8.02. The van der Waals surface area contributed by atoms with Gasteiger partial charge in [0.2, 0.25) is 5.91 Å². The Morgan fingerprint density at radius 2 is 1.40 bits per heavy atom. The predicted molar refractivity (Wildman–Crippen MR) is 128 cm³/mol. The molecule has 2 amide bonds. The summed E-state index contributed by atoms with van der Waals surface area (Å²) >= 11 is 0. The zero-order valence-electron chi connectivity index (χ0n) is 18.9. The van der Waals surface area contributed by atoms with Crippen LogP contribution in [0.15, 0.2) is 84.9 Å². The lowest BCUT2D eigenvalue weighted by Gasteiger charge is -2.21. The summed E-state index contributed by atoms with van der Waals surface area (Å²) < 4.78 is 5.24. The van der Waals surface area contributed by atoms with E-state index >= 15 is 0 Å². The lowest BCUT2D eigenvalue weighted by atomic mass is 10.0. The Morgan fingerprint density at radius 3 is 2.03 bits per heavy atom. The number of carbonyl (C=O) groups excluding carboxylic acids is 2. The highest BCUT2D eigenvalue weighted by molar-refractivity contribution is 5.89. The molecule has 0 unspecified atom stereocenters. The van der Waals surface area contributed by atoms with Gasteiger partial charge in [-0.3, -0.25) is 4.79 Å². The molecule has 2 atom stereocenters. The molecule has 3 N–H and O–H groups in total. The summed E-state index contributed by atoms with van der Waals surface area (Å²) in [7, 11) is 0. The van der Waals surface area contributed by atoms with Gasteiger partial charge in [-0.25, -0.2) is 9.59 Å². The first-order chi connectivity index (χ1) is 16.9. The Balaban J connectivity index is 1.70. The average Bonchev–Trinajstić information content (AvgIpc) is 2.88. The monoisotopic (exact) mass is 471 g/mol. The molecule has 0 saturated carbocycles. The Morgan fingerprint density at radius 1 is 0.800 bits per heavy atom. The zero-order valence-corrected chi connectivity index (χ0v) is 18.9. The summed E-state index contributed by atoms with van der Waals surface area (Å²) in [6.07, 6.45) is -0.672. The van der Waals surface area contributed by atoms with Crippen molar-refractivity contribution in [3.05, 3.63) is 107 Å². The van der Waals surface area contributed by atoms with Gasteiger partial charge >= 0.3 is 12.1 Å². The molecule has 8 nitrogen and oxygen atoms in total. The van der Waals surface area contributed by atoms with Crippen molar-refractivity contribution in [2.24, 2.45) is 0 Å². The molecule has 0 spiro atoms. The van der Waals surface area contributed by atoms with Crippen LogP contribution in [0.25, 0.3) is 0 Å². The van der Waals surface area contributed by atoms with E-state index in [2.05, 4.69) is 10.6 Å². The van der Waals surface area contributed by atoms with Crippen molar-refractivity contribution >= 4 is 18.0 Å². The third-order valence-corrected chi connectivity index (χ3v) is 5.21. The minimum Gasteiger partial charge on any atom is -0.480 e. The second-order valence-electron chi connectivity index (χ2n) is 7.86. The molecule has 8 heteroatoms. The normalized spacial score (nSPS) is 12.0. The zero-order chi connectivity index (χ0) is 25.0. The molecule has 178 valence electrons. The van der Waals surface area contributed by atoms with Crippen LogP contribution in [0.4, 0.5) is 4.79 Å². The maximum atomic E-state index is 13.1. The van der Waals surface area contributed by atoms with Crippen LogP contribution in [0.5, 0.6) is 0 Å². The van der Waals surface area contributed by atoms with E-state index in [1.165, 1.54) is 0 Å². The quantitative estimate of drug-likeness (QED) is 0.417. The molecular formula is C27H25N3O5. The maximum Gasteiger partial charge on any atom is 0.408 e. The topological polar surface area (TPSA) is 129 Å². The first-order valence-corrected chi connectivity index (χ1v) is 11.0. The number of carboxylic acids is 1. The predicted octanol–water partition coefficient (Wildman–Crippen LogP) is 3.21. The molecular weight excluding hydrogens is 446 g/mol.